The van der Waals surface area contributed by atoms with Crippen LogP contribution in [0.1, 0.15) is 61.8 Å². The average Bonchev–Trinajstić information content (AvgIpc) is 2.40. The van der Waals surface area contributed by atoms with Crippen molar-refractivity contribution in [3.05, 3.63) is 34.9 Å². The first-order chi connectivity index (χ1) is 9.08. The summed E-state index contributed by atoms with van der Waals surface area (Å²) in [5.74, 6) is 0.515. The molecule has 1 heterocycles. The first-order valence-electron chi connectivity index (χ1n) is 7.59. The van der Waals surface area contributed by atoms with Crippen LogP contribution in [0, 0.1) is 6.92 Å². The van der Waals surface area contributed by atoms with Gasteiger partial charge in [-0.2, -0.15) is 0 Å². The van der Waals surface area contributed by atoms with Crippen LogP contribution in [-0.4, -0.2) is 29.6 Å². The lowest BCUT2D eigenvalue weighted by atomic mass is 9.95. The Morgan fingerprint density at radius 1 is 1.16 bits per heavy atom. The molecule has 1 atom stereocenters. The second kappa shape index (κ2) is 6.53. The molecule has 1 aromatic carbocycles. The van der Waals surface area contributed by atoms with Gasteiger partial charge >= 0.3 is 0 Å². The highest BCUT2D eigenvalue weighted by Gasteiger charge is 2.17. The number of hydrogen-bond donors (Lipinski definition) is 1. The van der Waals surface area contributed by atoms with E-state index in [1.807, 2.05) is 0 Å². The number of aliphatic hydroxyl groups is 1. The molecular formula is C17H27NO. The van der Waals surface area contributed by atoms with E-state index >= 15 is 0 Å². The molecule has 0 radical (unpaired) electrons. The first kappa shape index (κ1) is 14.5. The molecule has 0 aliphatic carbocycles. The van der Waals surface area contributed by atoms with Crippen molar-refractivity contribution in [3.8, 4) is 0 Å². The van der Waals surface area contributed by atoms with Gasteiger partial charge in [0.15, 0.2) is 0 Å². The van der Waals surface area contributed by atoms with Crippen molar-refractivity contribution in [1.82, 2.24) is 4.90 Å². The van der Waals surface area contributed by atoms with Crippen molar-refractivity contribution < 1.29 is 5.11 Å². The standard InChI is InChI=1S/C17H27NO/c1-13(2)15-8-7-14(3)16(11-15)17(19)12-18-9-5-4-6-10-18/h7-8,11,13,17,19H,4-6,9-10,12H2,1-3H3/t17-/m1/s1. The SMILES string of the molecule is Cc1ccc(C(C)C)cc1[C@H](O)CN1CCCCC1. The molecule has 2 heteroatoms. The molecular weight excluding hydrogens is 234 g/mol. The fourth-order valence-corrected chi connectivity index (χ4v) is 2.86. The molecule has 0 spiro atoms. The van der Waals surface area contributed by atoms with Crippen LogP contribution in [0.3, 0.4) is 0 Å². The molecule has 0 amide bonds. The number of nitrogens with zero attached hydrogens (tertiary/aromatic N) is 1. The Balaban J connectivity index is 2.08. The van der Waals surface area contributed by atoms with E-state index in [9.17, 15) is 5.11 Å². The van der Waals surface area contributed by atoms with Gasteiger partial charge < -0.3 is 10.0 Å². The predicted molar refractivity (Wildman–Crippen MR) is 80.5 cm³/mol. The maximum Gasteiger partial charge on any atom is 0.0919 e. The molecule has 2 rings (SSSR count). The first-order valence-corrected chi connectivity index (χ1v) is 7.59. The summed E-state index contributed by atoms with van der Waals surface area (Å²) in [5, 5.41) is 10.5. The fourth-order valence-electron chi connectivity index (χ4n) is 2.86. The molecule has 0 saturated carbocycles. The lowest BCUT2D eigenvalue weighted by Crippen LogP contribution is -2.33. The second-order valence-electron chi connectivity index (χ2n) is 6.15. The van der Waals surface area contributed by atoms with E-state index in [0.29, 0.717) is 5.92 Å². The summed E-state index contributed by atoms with van der Waals surface area (Å²) in [6.07, 6.45) is 3.54. The maximum atomic E-state index is 10.5. The third-order valence-electron chi connectivity index (χ3n) is 4.21. The average molecular weight is 261 g/mol. The van der Waals surface area contributed by atoms with E-state index in [1.165, 1.54) is 30.4 Å². The smallest absolute Gasteiger partial charge is 0.0919 e. The molecule has 19 heavy (non-hydrogen) atoms. The van der Waals surface area contributed by atoms with Gasteiger partial charge in [-0.1, -0.05) is 38.5 Å². The molecule has 1 saturated heterocycles. The van der Waals surface area contributed by atoms with Crippen LogP contribution in [0.15, 0.2) is 18.2 Å². The second-order valence-corrected chi connectivity index (χ2v) is 6.15. The van der Waals surface area contributed by atoms with Crippen molar-refractivity contribution in [3.63, 3.8) is 0 Å². The monoisotopic (exact) mass is 261 g/mol. The van der Waals surface area contributed by atoms with Gasteiger partial charge in [-0.05, 0) is 55.5 Å². The largest absolute Gasteiger partial charge is 0.387 e. The van der Waals surface area contributed by atoms with Crippen LogP contribution in [-0.2, 0) is 0 Å². The Kier molecular flexibility index (Phi) is 5.00. The van der Waals surface area contributed by atoms with Gasteiger partial charge in [0.1, 0.15) is 0 Å². The Morgan fingerprint density at radius 2 is 1.84 bits per heavy atom. The maximum absolute atomic E-state index is 10.5. The Bertz CT molecular complexity index is 408. The molecule has 106 valence electrons. The predicted octanol–water partition coefficient (Wildman–Crippen LogP) is 3.64. The summed E-state index contributed by atoms with van der Waals surface area (Å²) in [6, 6.07) is 6.51. The number of piperidine rings is 1. The molecule has 0 aromatic heterocycles. The molecule has 0 unspecified atom stereocenters. The zero-order valence-electron chi connectivity index (χ0n) is 12.5. The van der Waals surface area contributed by atoms with Gasteiger partial charge in [-0.3, -0.25) is 0 Å². The molecule has 0 bridgehead atoms. The third kappa shape index (κ3) is 3.80. The summed E-state index contributed by atoms with van der Waals surface area (Å²) in [6.45, 7) is 9.55. The van der Waals surface area contributed by atoms with Crippen molar-refractivity contribution in [2.75, 3.05) is 19.6 Å². The number of benzene rings is 1. The van der Waals surface area contributed by atoms with Gasteiger partial charge in [-0.25, -0.2) is 0 Å². The van der Waals surface area contributed by atoms with E-state index in [-0.39, 0.29) is 6.10 Å². The lowest BCUT2D eigenvalue weighted by molar-refractivity contribution is 0.101. The molecule has 1 aliphatic heterocycles. The zero-order valence-corrected chi connectivity index (χ0v) is 12.5. The number of likely N-dealkylation sites (tertiary alicyclic amines) is 1. The molecule has 1 N–H and O–H groups in total. The number of rotatable bonds is 4. The van der Waals surface area contributed by atoms with Gasteiger partial charge in [0.05, 0.1) is 6.10 Å². The molecule has 2 nitrogen and oxygen atoms in total. The number of hydrogen-bond acceptors (Lipinski definition) is 2. The summed E-state index contributed by atoms with van der Waals surface area (Å²) >= 11 is 0. The highest BCUT2D eigenvalue weighted by atomic mass is 16.3. The van der Waals surface area contributed by atoms with Crippen molar-refractivity contribution in [1.29, 1.82) is 0 Å². The highest BCUT2D eigenvalue weighted by molar-refractivity contribution is 5.34. The quantitative estimate of drug-likeness (QED) is 0.894. The molecule has 1 aromatic rings. The van der Waals surface area contributed by atoms with Gasteiger partial charge in [0, 0.05) is 6.54 Å². The topological polar surface area (TPSA) is 23.5 Å². The van der Waals surface area contributed by atoms with Crippen LogP contribution < -0.4 is 0 Å². The lowest BCUT2D eigenvalue weighted by Gasteiger charge is -2.29. The van der Waals surface area contributed by atoms with E-state index < -0.39 is 0 Å². The Morgan fingerprint density at radius 3 is 2.47 bits per heavy atom. The van der Waals surface area contributed by atoms with Crippen LogP contribution in [0.4, 0.5) is 0 Å². The van der Waals surface area contributed by atoms with Crippen LogP contribution in [0.5, 0.6) is 0 Å². The van der Waals surface area contributed by atoms with E-state index in [1.54, 1.807) is 0 Å². The van der Waals surface area contributed by atoms with E-state index in [2.05, 4.69) is 43.9 Å². The number of aliphatic hydroxyl groups excluding tert-OH is 1. The Labute approximate surface area is 117 Å². The summed E-state index contributed by atoms with van der Waals surface area (Å²) in [4.78, 5) is 2.40. The van der Waals surface area contributed by atoms with Crippen molar-refractivity contribution in [2.24, 2.45) is 0 Å². The zero-order chi connectivity index (χ0) is 13.8. The highest BCUT2D eigenvalue weighted by Crippen LogP contribution is 2.25. The van der Waals surface area contributed by atoms with E-state index in [4.69, 9.17) is 0 Å². The minimum absolute atomic E-state index is 0.350. The number of β-amino-alcohol motifs (C(OH)–C–C–N with tert-alkyl or cyclic N) is 1. The van der Waals surface area contributed by atoms with Gasteiger partial charge in [0.25, 0.3) is 0 Å². The molecule has 1 fully saturated rings. The Hall–Kier alpha value is -0.860. The summed E-state index contributed by atoms with van der Waals surface area (Å²) in [7, 11) is 0. The van der Waals surface area contributed by atoms with Crippen molar-refractivity contribution >= 4 is 0 Å². The van der Waals surface area contributed by atoms with Crippen LogP contribution >= 0.6 is 0 Å². The fraction of sp³-hybridized carbons (Fsp3) is 0.647. The van der Waals surface area contributed by atoms with Crippen molar-refractivity contribution in [2.45, 2.75) is 52.1 Å². The van der Waals surface area contributed by atoms with Gasteiger partial charge in [0.2, 0.25) is 0 Å². The number of aryl methyl sites for hydroxylation is 1. The third-order valence-corrected chi connectivity index (χ3v) is 4.21. The van der Waals surface area contributed by atoms with Crippen LogP contribution in [0.25, 0.3) is 0 Å². The summed E-state index contributed by atoms with van der Waals surface area (Å²) < 4.78 is 0. The minimum atomic E-state index is -0.350. The van der Waals surface area contributed by atoms with Gasteiger partial charge in [-0.15, -0.1) is 0 Å². The minimum Gasteiger partial charge on any atom is -0.387 e. The normalized spacial score (nSPS) is 18.8. The summed E-state index contributed by atoms with van der Waals surface area (Å²) in [5.41, 5.74) is 3.63. The van der Waals surface area contributed by atoms with E-state index in [0.717, 1.165) is 25.2 Å². The molecule has 1 aliphatic rings. The van der Waals surface area contributed by atoms with Crippen LogP contribution in [0.2, 0.25) is 0 Å².